The van der Waals surface area contributed by atoms with Crippen molar-refractivity contribution in [3.05, 3.63) is 27.3 Å². The standard InChI is InChI=1S/C11H13IO/c1-2-8-4-3-5-10(11(8)12)13-9-6-7-9/h3-5,9H,2,6-7H2,1H3. The van der Waals surface area contributed by atoms with Gasteiger partial charge in [-0.15, -0.1) is 0 Å². The molecule has 0 aliphatic heterocycles. The maximum atomic E-state index is 5.79. The molecule has 1 fully saturated rings. The van der Waals surface area contributed by atoms with Crippen LogP contribution in [0.3, 0.4) is 0 Å². The zero-order chi connectivity index (χ0) is 9.26. The maximum absolute atomic E-state index is 5.79. The Kier molecular flexibility index (Phi) is 2.77. The molecule has 2 rings (SSSR count). The van der Waals surface area contributed by atoms with Gasteiger partial charge in [-0.05, 0) is 53.5 Å². The highest BCUT2D eigenvalue weighted by Crippen LogP contribution is 2.31. The van der Waals surface area contributed by atoms with E-state index in [-0.39, 0.29) is 0 Å². The molecule has 0 atom stereocenters. The van der Waals surface area contributed by atoms with Crippen molar-refractivity contribution in [3.8, 4) is 5.75 Å². The van der Waals surface area contributed by atoms with Gasteiger partial charge in [-0.2, -0.15) is 0 Å². The van der Waals surface area contributed by atoms with Gasteiger partial charge in [-0.1, -0.05) is 19.1 Å². The summed E-state index contributed by atoms with van der Waals surface area (Å²) in [5.74, 6) is 1.07. The van der Waals surface area contributed by atoms with Crippen LogP contribution in [0.1, 0.15) is 25.3 Å². The molecular weight excluding hydrogens is 275 g/mol. The van der Waals surface area contributed by atoms with Gasteiger partial charge in [0.1, 0.15) is 5.75 Å². The molecule has 1 aliphatic rings. The van der Waals surface area contributed by atoms with Crippen molar-refractivity contribution >= 4 is 22.6 Å². The molecule has 0 N–H and O–H groups in total. The number of halogens is 1. The molecule has 1 saturated carbocycles. The average Bonchev–Trinajstić information content (AvgIpc) is 2.92. The fourth-order valence-corrected chi connectivity index (χ4v) is 2.15. The largest absolute Gasteiger partial charge is 0.489 e. The van der Waals surface area contributed by atoms with Crippen LogP contribution in [0.2, 0.25) is 0 Å². The van der Waals surface area contributed by atoms with Gasteiger partial charge in [-0.25, -0.2) is 0 Å². The zero-order valence-corrected chi connectivity index (χ0v) is 9.87. The van der Waals surface area contributed by atoms with Gasteiger partial charge in [0.15, 0.2) is 0 Å². The third-order valence-electron chi connectivity index (χ3n) is 2.24. The molecule has 0 heterocycles. The molecular formula is C11H13IO. The van der Waals surface area contributed by atoms with Crippen molar-refractivity contribution < 1.29 is 4.74 Å². The average molecular weight is 288 g/mol. The molecule has 2 heteroatoms. The van der Waals surface area contributed by atoms with Crippen molar-refractivity contribution in [1.82, 2.24) is 0 Å². The predicted octanol–water partition coefficient (Wildman–Crippen LogP) is 3.39. The lowest BCUT2D eigenvalue weighted by Crippen LogP contribution is -1.99. The summed E-state index contributed by atoms with van der Waals surface area (Å²) in [5.41, 5.74) is 1.39. The summed E-state index contributed by atoms with van der Waals surface area (Å²) in [6, 6.07) is 6.32. The van der Waals surface area contributed by atoms with E-state index in [0.717, 1.165) is 12.2 Å². The van der Waals surface area contributed by atoms with E-state index in [1.165, 1.54) is 22.0 Å². The van der Waals surface area contributed by atoms with Crippen molar-refractivity contribution in [2.45, 2.75) is 32.3 Å². The normalized spacial score (nSPS) is 15.8. The van der Waals surface area contributed by atoms with E-state index < -0.39 is 0 Å². The Bertz CT molecular complexity index is 305. The molecule has 70 valence electrons. The van der Waals surface area contributed by atoms with Crippen LogP contribution in [-0.2, 0) is 6.42 Å². The van der Waals surface area contributed by atoms with Crippen LogP contribution in [-0.4, -0.2) is 6.10 Å². The van der Waals surface area contributed by atoms with Crippen molar-refractivity contribution in [2.75, 3.05) is 0 Å². The first kappa shape index (κ1) is 9.31. The smallest absolute Gasteiger partial charge is 0.133 e. The molecule has 1 aromatic rings. The maximum Gasteiger partial charge on any atom is 0.133 e. The molecule has 0 saturated heterocycles. The molecule has 0 aromatic heterocycles. The number of hydrogen-bond donors (Lipinski definition) is 0. The Morgan fingerprint density at radius 3 is 2.85 bits per heavy atom. The molecule has 1 aliphatic carbocycles. The Morgan fingerprint density at radius 2 is 2.23 bits per heavy atom. The van der Waals surface area contributed by atoms with E-state index in [4.69, 9.17) is 4.74 Å². The second-order valence-electron chi connectivity index (χ2n) is 3.40. The van der Waals surface area contributed by atoms with E-state index in [2.05, 4.69) is 47.7 Å². The Labute approximate surface area is 92.6 Å². The third kappa shape index (κ3) is 2.16. The highest BCUT2D eigenvalue weighted by atomic mass is 127. The first-order valence-electron chi connectivity index (χ1n) is 4.75. The highest BCUT2D eigenvalue weighted by Gasteiger charge is 2.24. The minimum Gasteiger partial charge on any atom is -0.489 e. The van der Waals surface area contributed by atoms with E-state index >= 15 is 0 Å². The minimum atomic E-state index is 0.501. The molecule has 0 amide bonds. The van der Waals surface area contributed by atoms with Crippen LogP contribution in [0.4, 0.5) is 0 Å². The van der Waals surface area contributed by atoms with Crippen molar-refractivity contribution in [1.29, 1.82) is 0 Å². The van der Waals surface area contributed by atoms with Gasteiger partial charge < -0.3 is 4.74 Å². The molecule has 1 nitrogen and oxygen atoms in total. The lowest BCUT2D eigenvalue weighted by Gasteiger charge is -2.09. The Morgan fingerprint density at radius 1 is 1.46 bits per heavy atom. The Hall–Kier alpha value is -0.250. The van der Waals surface area contributed by atoms with Crippen LogP contribution in [0.5, 0.6) is 5.75 Å². The summed E-state index contributed by atoms with van der Waals surface area (Å²) in [5, 5.41) is 0. The second-order valence-corrected chi connectivity index (χ2v) is 4.48. The van der Waals surface area contributed by atoms with Gasteiger partial charge in [0.05, 0.1) is 9.67 Å². The summed E-state index contributed by atoms with van der Waals surface area (Å²) >= 11 is 2.38. The first-order chi connectivity index (χ1) is 6.31. The van der Waals surface area contributed by atoms with Gasteiger partial charge >= 0.3 is 0 Å². The van der Waals surface area contributed by atoms with Gasteiger partial charge in [0, 0.05) is 0 Å². The molecule has 0 spiro atoms. The second kappa shape index (κ2) is 3.86. The lowest BCUT2D eigenvalue weighted by atomic mass is 10.2. The summed E-state index contributed by atoms with van der Waals surface area (Å²) in [6.45, 7) is 2.18. The predicted molar refractivity (Wildman–Crippen MR) is 62.2 cm³/mol. The molecule has 1 aromatic carbocycles. The summed E-state index contributed by atoms with van der Waals surface area (Å²) in [6.07, 6.45) is 4.04. The third-order valence-corrected chi connectivity index (χ3v) is 3.47. The fraction of sp³-hybridized carbons (Fsp3) is 0.455. The fourth-order valence-electron chi connectivity index (χ4n) is 1.29. The Balaban J connectivity index is 2.22. The zero-order valence-electron chi connectivity index (χ0n) is 7.72. The minimum absolute atomic E-state index is 0.501. The van der Waals surface area contributed by atoms with Crippen LogP contribution < -0.4 is 4.74 Å². The van der Waals surface area contributed by atoms with E-state index in [9.17, 15) is 0 Å². The summed E-state index contributed by atoms with van der Waals surface area (Å²) in [7, 11) is 0. The molecule has 0 unspecified atom stereocenters. The van der Waals surface area contributed by atoms with Crippen molar-refractivity contribution in [2.24, 2.45) is 0 Å². The van der Waals surface area contributed by atoms with Crippen LogP contribution >= 0.6 is 22.6 Å². The number of aryl methyl sites for hydroxylation is 1. The van der Waals surface area contributed by atoms with Gasteiger partial charge in [-0.3, -0.25) is 0 Å². The van der Waals surface area contributed by atoms with E-state index in [1.54, 1.807) is 0 Å². The SMILES string of the molecule is CCc1cccc(OC2CC2)c1I. The summed E-state index contributed by atoms with van der Waals surface area (Å²) in [4.78, 5) is 0. The van der Waals surface area contributed by atoms with Crippen molar-refractivity contribution in [3.63, 3.8) is 0 Å². The number of ether oxygens (including phenoxy) is 1. The van der Waals surface area contributed by atoms with E-state index in [0.29, 0.717) is 6.10 Å². The lowest BCUT2D eigenvalue weighted by molar-refractivity contribution is 0.300. The summed E-state index contributed by atoms with van der Waals surface area (Å²) < 4.78 is 7.08. The number of benzene rings is 1. The van der Waals surface area contributed by atoms with Crippen LogP contribution in [0.25, 0.3) is 0 Å². The van der Waals surface area contributed by atoms with Gasteiger partial charge in [0.25, 0.3) is 0 Å². The molecule has 0 bridgehead atoms. The molecule has 0 radical (unpaired) electrons. The van der Waals surface area contributed by atoms with Gasteiger partial charge in [0.2, 0.25) is 0 Å². The first-order valence-corrected chi connectivity index (χ1v) is 5.83. The van der Waals surface area contributed by atoms with Crippen LogP contribution in [0.15, 0.2) is 18.2 Å². The van der Waals surface area contributed by atoms with E-state index in [1.807, 2.05) is 0 Å². The highest BCUT2D eigenvalue weighted by molar-refractivity contribution is 14.1. The molecule has 13 heavy (non-hydrogen) atoms. The van der Waals surface area contributed by atoms with Crippen LogP contribution in [0, 0.1) is 3.57 Å². The number of rotatable bonds is 3. The number of hydrogen-bond acceptors (Lipinski definition) is 1. The monoisotopic (exact) mass is 288 g/mol. The topological polar surface area (TPSA) is 9.23 Å². The quantitative estimate of drug-likeness (QED) is 0.775.